The van der Waals surface area contributed by atoms with E-state index in [1.807, 2.05) is 20.8 Å². The summed E-state index contributed by atoms with van der Waals surface area (Å²) in [5, 5.41) is 3.79. The molecule has 2 unspecified atom stereocenters. The van der Waals surface area contributed by atoms with E-state index in [0.29, 0.717) is 11.6 Å². The van der Waals surface area contributed by atoms with Crippen LogP contribution in [0.25, 0.3) is 0 Å². The fourth-order valence-electron chi connectivity index (χ4n) is 1.61. The molecule has 0 saturated heterocycles. The molecule has 0 saturated carbocycles. The minimum absolute atomic E-state index is 0.174. The van der Waals surface area contributed by atoms with E-state index in [4.69, 9.17) is 10.2 Å². The van der Waals surface area contributed by atoms with E-state index in [2.05, 4.69) is 10.3 Å². The zero-order chi connectivity index (χ0) is 13.9. The van der Waals surface area contributed by atoms with Gasteiger partial charge in [-0.15, -0.1) is 0 Å². The molecular weight excluding hydrogens is 250 g/mol. The van der Waals surface area contributed by atoms with Crippen molar-refractivity contribution in [3.63, 3.8) is 0 Å². The van der Waals surface area contributed by atoms with Gasteiger partial charge in [0.25, 0.3) is 5.22 Å². The van der Waals surface area contributed by atoms with Gasteiger partial charge in [0.05, 0.1) is 11.2 Å². The van der Waals surface area contributed by atoms with Crippen molar-refractivity contribution in [1.29, 1.82) is 0 Å². The minimum atomic E-state index is -0.705. The van der Waals surface area contributed by atoms with Crippen LogP contribution in [0.4, 0.5) is 0 Å². The van der Waals surface area contributed by atoms with E-state index < -0.39 is 5.54 Å². The van der Waals surface area contributed by atoms with Gasteiger partial charge in [-0.05, 0) is 34.2 Å². The van der Waals surface area contributed by atoms with Gasteiger partial charge >= 0.3 is 0 Å². The normalized spacial score (nSPS) is 16.3. The zero-order valence-corrected chi connectivity index (χ0v) is 12.4. The Hall–Kier alpha value is -1.01. The summed E-state index contributed by atoms with van der Waals surface area (Å²) >= 11 is 1.51. The zero-order valence-electron chi connectivity index (χ0n) is 11.5. The predicted molar refractivity (Wildman–Crippen MR) is 72.6 cm³/mol. The number of thioether (sulfide) groups is 1. The lowest BCUT2D eigenvalue weighted by Gasteiger charge is -2.27. The van der Waals surface area contributed by atoms with Gasteiger partial charge in [-0.1, -0.05) is 18.7 Å². The highest BCUT2D eigenvalue weighted by atomic mass is 32.2. The molecule has 0 spiro atoms. The Kier molecular flexibility index (Phi) is 4.81. The molecule has 102 valence electrons. The lowest BCUT2D eigenvalue weighted by Crippen LogP contribution is -2.52. The predicted octanol–water partition coefficient (Wildman–Crippen LogP) is 1.63. The van der Waals surface area contributed by atoms with E-state index in [1.165, 1.54) is 11.8 Å². The van der Waals surface area contributed by atoms with Crippen molar-refractivity contribution in [1.82, 2.24) is 10.3 Å². The summed E-state index contributed by atoms with van der Waals surface area (Å²) in [7, 11) is 1.74. The van der Waals surface area contributed by atoms with Gasteiger partial charge in [0.1, 0.15) is 5.76 Å². The standard InChI is InChI=1S/C12H21N3O2S/c1-7(6-12(4,14-5)10(13)16)18-11-15-8(2)9(3)17-11/h7,14H,6H2,1-5H3,(H2,13,16). The number of carbonyl (C=O) groups is 1. The van der Waals surface area contributed by atoms with E-state index in [-0.39, 0.29) is 11.2 Å². The van der Waals surface area contributed by atoms with Crippen molar-refractivity contribution in [2.24, 2.45) is 5.73 Å². The van der Waals surface area contributed by atoms with Crippen LogP contribution in [0.1, 0.15) is 31.7 Å². The summed E-state index contributed by atoms with van der Waals surface area (Å²) in [5.74, 6) is 0.480. The Morgan fingerprint density at radius 3 is 2.61 bits per heavy atom. The highest BCUT2D eigenvalue weighted by Crippen LogP contribution is 2.29. The molecule has 0 radical (unpaired) electrons. The van der Waals surface area contributed by atoms with Crippen LogP contribution in [0.5, 0.6) is 0 Å². The van der Waals surface area contributed by atoms with Crippen LogP contribution in [0.2, 0.25) is 0 Å². The molecule has 0 aliphatic heterocycles. The summed E-state index contributed by atoms with van der Waals surface area (Å²) in [6, 6.07) is 0. The maximum atomic E-state index is 11.4. The summed E-state index contributed by atoms with van der Waals surface area (Å²) in [5.41, 5.74) is 5.60. The number of nitrogens with one attached hydrogen (secondary N) is 1. The molecule has 1 rings (SSSR count). The molecule has 0 bridgehead atoms. The van der Waals surface area contributed by atoms with Crippen molar-refractivity contribution < 1.29 is 9.21 Å². The highest BCUT2D eigenvalue weighted by Gasteiger charge is 2.31. The molecule has 18 heavy (non-hydrogen) atoms. The monoisotopic (exact) mass is 271 g/mol. The number of oxazole rings is 1. The lowest BCUT2D eigenvalue weighted by molar-refractivity contribution is -0.123. The number of rotatable bonds is 6. The fraction of sp³-hybridized carbons (Fsp3) is 0.667. The largest absolute Gasteiger partial charge is 0.437 e. The van der Waals surface area contributed by atoms with Crippen molar-refractivity contribution >= 4 is 17.7 Å². The lowest BCUT2D eigenvalue weighted by atomic mass is 9.95. The van der Waals surface area contributed by atoms with E-state index in [1.54, 1.807) is 14.0 Å². The topological polar surface area (TPSA) is 81.2 Å². The number of primary amides is 1. The van der Waals surface area contributed by atoms with E-state index >= 15 is 0 Å². The molecule has 1 heterocycles. The van der Waals surface area contributed by atoms with Crippen molar-refractivity contribution in [3.05, 3.63) is 11.5 Å². The van der Waals surface area contributed by atoms with Crippen LogP contribution in [0.15, 0.2) is 9.64 Å². The van der Waals surface area contributed by atoms with Crippen LogP contribution >= 0.6 is 11.8 Å². The fourth-order valence-corrected chi connectivity index (χ4v) is 2.73. The minimum Gasteiger partial charge on any atom is -0.437 e. The first-order valence-corrected chi connectivity index (χ1v) is 6.76. The van der Waals surface area contributed by atoms with Crippen LogP contribution in [-0.4, -0.2) is 28.7 Å². The molecule has 2 atom stereocenters. The smallest absolute Gasteiger partial charge is 0.256 e. The quantitative estimate of drug-likeness (QED) is 0.768. The third-order valence-electron chi connectivity index (χ3n) is 3.10. The molecule has 5 nitrogen and oxygen atoms in total. The summed E-state index contributed by atoms with van der Waals surface area (Å²) in [4.78, 5) is 15.7. The van der Waals surface area contributed by atoms with Gasteiger partial charge in [0.15, 0.2) is 0 Å². The van der Waals surface area contributed by atoms with E-state index in [9.17, 15) is 4.79 Å². The van der Waals surface area contributed by atoms with Crippen LogP contribution in [0.3, 0.4) is 0 Å². The Balaban J connectivity index is 2.66. The number of nitrogens with zero attached hydrogens (tertiary/aromatic N) is 1. The molecule has 0 fully saturated rings. The SMILES string of the molecule is CNC(C)(CC(C)Sc1nc(C)c(C)o1)C(N)=O. The number of carbonyl (C=O) groups excluding carboxylic acids is 1. The maximum Gasteiger partial charge on any atom is 0.256 e. The first-order chi connectivity index (χ1) is 8.28. The Morgan fingerprint density at radius 2 is 2.22 bits per heavy atom. The van der Waals surface area contributed by atoms with Gasteiger partial charge in [-0.2, -0.15) is 0 Å². The number of hydrogen-bond donors (Lipinski definition) is 2. The molecule has 1 aromatic rings. The molecule has 1 aromatic heterocycles. The van der Waals surface area contributed by atoms with Gasteiger partial charge in [-0.3, -0.25) is 4.79 Å². The Morgan fingerprint density at radius 1 is 1.61 bits per heavy atom. The van der Waals surface area contributed by atoms with Crippen LogP contribution in [0, 0.1) is 13.8 Å². The second kappa shape index (κ2) is 5.75. The molecule has 0 aromatic carbocycles. The molecule has 0 aliphatic carbocycles. The maximum absolute atomic E-state index is 11.4. The molecule has 1 amide bonds. The average molecular weight is 271 g/mol. The number of likely N-dealkylation sites (N-methyl/N-ethyl adjacent to an activating group) is 1. The van der Waals surface area contributed by atoms with Gasteiger partial charge < -0.3 is 15.5 Å². The van der Waals surface area contributed by atoms with Gasteiger partial charge in [0, 0.05) is 5.25 Å². The summed E-state index contributed by atoms with van der Waals surface area (Å²) in [6.45, 7) is 7.63. The molecular formula is C12H21N3O2S. The summed E-state index contributed by atoms with van der Waals surface area (Å²) < 4.78 is 5.51. The summed E-state index contributed by atoms with van der Waals surface area (Å²) in [6.07, 6.45) is 0.615. The number of aryl methyl sites for hydroxylation is 2. The number of nitrogens with two attached hydrogens (primary N) is 1. The highest BCUT2D eigenvalue weighted by molar-refractivity contribution is 7.99. The number of hydrogen-bond acceptors (Lipinski definition) is 5. The number of aromatic nitrogens is 1. The van der Waals surface area contributed by atoms with Crippen molar-refractivity contribution in [3.8, 4) is 0 Å². The molecule has 0 aliphatic rings. The van der Waals surface area contributed by atoms with Crippen molar-refractivity contribution in [2.75, 3.05) is 7.05 Å². The number of amides is 1. The van der Waals surface area contributed by atoms with Crippen molar-refractivity contribution in [2.45, 2.75) is 50.1 Å². The third kappa shape index (κ3) is 3.49. The molecule has 3 N–H and O–H groups in total. The average Bonchev–Trinajstić information content (AvgIpc) is 2.57. The van der Waals surface area contributed by atoms with Crippen LogP contribution < -0.4 is 11.1 Å². The van der Waals surface area contributed by atoms with Gasteiger partial charge in [-0.25, -0.2) is 4.98 Å². The first kappa shape index (κ1) is 15.0. The second-order valence-corrected chi connectivity index (χ2v) is 6.09. The second-order valence-electron chi connectivity index (χ2n) is 4.70. The Labute approximate surface area is 112 Å². The first-order valence-electron chi connectivity index (χ1n) is 5.88. The van der Waals surface area contributed by atoms with Gasteiger partial charge in [0.2, 0.25) is 5.91 Å². The van der Waals surface area contributed by atoms with E-state index in [0.717, 1.165) is 11.5 Å². The third-order valence-corrected chi connectivity index (χ3v) is 4.05. The van der Waals surface area contributed by atoms with Crippen LogP contribution in [-0.2, 0) is 4.79 Å². The Bertz CT molecular complexity index is 413. The molecule has 6 heteroatoms.